The van der Waals surface area contributed by atoms with Crippen LogP contribution in [0.2, 0.25) is 0 Å². The Hall–Kier alpha value is 0.270. The molecule has 0 radical (unpaired) electrons. The van der Waals surface area contributed by atoms with E-state index in [2.05, 4.69) is 0 Å². The number of carbonyl (C=O) groups is 1. The molecule has 1 heterocycles. The van der Waals surface area contributed by atoms with Crippen LogP contribution in [-0.2, 0) is 4.79 Å². The average molecular weight is 210 g/mol. The number of halogens is 1. The highest BCUT2D eigenvalue weighted by Crippen LogP contribution is 2.07. The van der Waals surface area contributed by atoms with E-state index in [0.29, 0.717) is 5.78 Å². The third-order valence-corrected chi connectivity index (χ3v) is 3.39. The number of alkyl halides is 1. The minimum atomic E-state index is 0.200. The van der Waals surface area contributed by atoms with Crippen molar-refractivity contribution < 1.29 is 4.79 Å². The molecule has 40 valence electrons. The minimum absolute atomic E-state index is 0.200. The van der Waals surface area contributed by atoms with E-state index in [0.717, 1.165) is 12.8 Å². The molecule has 0 aromatic rings. The fourth-order valence-electron chi connectivity index (χ4n) is 0.513. The fraction of sp³-hybridized carbons (Fsp3) is 0.600. The van der Waals surface area contributed by atoms with Crippen molar-refractivity contribution in [3.63, 3.8) is 0 Å². The molecule has 2 heteroatoms. The van der Waals surface area contributed by atoms with Gasteiger partial charge in [-0.05, 0) is 10.8 Å². The molecule has 1 rings (SSSR count). The number of hydrogen-bond donors (Lipinski definition) is 0. The number of hydrogen-bond acceptors (Lipinski definition) is 1. The van der Waals surface area contributed by atoms with Crippen molar-refractivity contribution in [2.45, 2.75) is 12.8 Å². The molecule has 0 aromatic heterocycles. The van der Waals surface area contributed by atoms with E-state index in [1.807, 2.05) is 4.01 Å². The van der Waals surface area contributed by atoms with Crippen LogP contribution in [0.5, 0.6) is 0 Å². The molecular formula is C5H7IO. The molecule has 0 saturated carbocycles. The van der Waals surface area contributed by atoms with Gasteiger partial charge >= 0.3 is 0 Å². The number of rotatable bonds is 0. The molecule has 0 unspecified atom stereocenters. The van der Waals surface area contributed by atoms with Gasteiger partial charge in [-0.3, -0.25) is 4.79 Å². The van der Waals surface area contributed by atoms with Gasteiger partial charge in [-0.25, -0.2) is 0 Å². The summed E-state index contributed by atoms with van der Waals surface area (Å²) in [6, 6.07) is 0. The summed E-state index contributed by atoms with van der Waals surface area (Å²) in [4.78, 5) is 10.4. The molecular weight excluding hydrogens is 203 g/mol. The van der Waals surface area contributed by atoms with Crippen LogP contribution in [0.3, 0.4) is 0 Å². The zero-order valence-corrected chi connectivity index (χ0v) is 6.14. The molecule has 0 aromatic carbocycles. The van der Waals surface area contributed by atoms with Gasteiger partial charge in [-0.15, -0.1) is 20.7 Å². The largest absolute Gasteiger partial charge is 0.294 e. The average Bonchev–Trinajstić information content (AvgIpc) is 1.69. The molecule has 1 aliphatic rings. The highest BCUT2D eigenvalue weighted by Gasteiger charge is 1.99. The summed E-state index contributed by atoms with van der Waals surface area (Å²) in [5, 5.41) is 0. The first-order valence-electron chi connectivity index (χ1n) is 2.33. The van der Waals surface area contributed by atoms with Gasteiger partial charge < -0.3 is 0 Å². The van der Waals surface area contributed by atoms with Crippen LogP contribution in [0.15, 0.2) is 0 Å². The van der Waals surface area contributed by atoms with Crippen LogP contribution in [0.4, 0.5) is 0 Å². The van der Waals surface area contributed by atoms with Gasteiger partial charge in [0, 0.05) is 10.4 Å². The Morgan fingerprint density at radius 2 is 2.57 bits per heavy atom. The van der Waals surface area contributed by atoms with E-state index in [9.17, 15) is 4.79 Å². The predicted molar refractivity (Wildman–Crippen MR) is 39.2 cm³/mol. The van der Waals surface area contributed by atoms with Crippen molar-refractivity contribution in [1.82, 2.24) is 0 Å². The number of Topliss-reactive ketones (excluding diaryl/α,β-unsaturated/α-hetero) is 1. The Morgan fingerprint density at radius 1 is 1.71 bits per heavy atom. The Balaban J connectivity index is 2.51. The molecule has 0 N–H and O–H groups in total. The third kappa shape index (κ3) is 1.67. The minimum Gasteiger partial charge on any atom is -0.294 e. The smallest absolute Gasteiger partial charge is 0.161 e. The van der Waals surface area contributed by atoms with E-state index >= 15 is 0 Å². The van der Waals surface area contributed by atoms with Crippen LogP contribution in [0.1, 0.15) is 12.8 Å². The molecule has 0 aliphatic carbocycles. The lowest BCUT2D eigenvalue weighted by molar-refractivity contribution is -0.112. The van der Waals surface area contributed by atoms with Gasteiger partial charge in [-0.1, -0.05) is 0 Å². The lowest BCUT2D eigenvalue weighted by atomic mass is 10.3. The lowest BCUT2D eigenvalue weighted by Gasteiger charge is -1.96. The zero-order chi connectivity index (χ0) is 5.11. The maximum atomic E-state index is 10.4. The van der Waals surface area contributed by atoms with Gasteiger partial charge in [-0.2, -0.15) is 0 Å². The number of carbonyl (C=O) groups excluding carboxylic acids is 1. The molecule has 0 saturated heterocycles. The fourth-order valence-corrected chi connectivity index (χ4v) is 2.45. The van der Waals surface area contributed by atoms with Gasteiger partial charge in [0.15, 0.2) is 5.78 Å². The van der Waals surface area contributed by atoms with E-state index in [4.69, 9.17) is 0 Å². The first kappa shape index (κ1) is 5.41. The monoisotopic (exact) mass is 210 g/mol. The van der Waals surface area contributed by atoms with Crippen molar-refractivity contribution in [3.05, 3.63) is 0 Å². The van der Waals surface area contributed by atoms with Crippen LogP contribution in [-0.4, -0.2) is 14.2 Å². The van der Waals surface area contributed by atoms with Crippen LogP contribution >= 0.6 is 20.7 Å². The van der Waals surface area contributed by atoms with Gasteiger partial charge in [0.1, 0.15) is 0 Å². The number of ketones is 1. The van der Waals surface area contributed by atoms with Crippen LogP contribution < -0.4 is 0 Å². The van der Waals surface area contributed by atoms with Gasteiger partial charge in [0.2, 0.25) is 0 Å². The van der Waals surface area contributed by atoms with Crippen LogP contribution in [0, 0.1) is 0 Å². The van der Waals surface area contributed by atoms with Crippen molar-refractivity contribution in [3.8, 4) is 0 Å². The lowest BCUT2D eigenvalue weighted by Crippen LogP contribution is -2.01. The van der Waals surface area contributed by atoms with Gasteiger partial charge in [0.25, 0.3) is 0 Å². The maximum Gasteiger partial charge on any atom is 0.161 e. The van der Waals surface area contributed by atoms with E-state index in [1.54, 1.807) is 0 Å². The maximum absolute atomic E-state index is 10.4. The van der Waals surface area contributed by atoms with Crippen LogP contribution in [0.25, 0.3) is 0 Å². The predicted octanol–water partition coefficient (Wildman–Crippen LogP) is 1.12. The van der Waals surface area contributed by atoms with E-state index < -0.39 is 0 Å². The highest BCUT2D eigenvalue weighted by molar-refractivity contribution is 14.2. The van der Waals surface area contributed by atoms with Crippen molar-refractivity contribution in [1.29, 1.82) is 0 Å². The summed E-state index contributed by atoms with van der Waals surface area (Å²) in [6.45, 7) is 0. The summed E-state index contributed by atoms with van der Waals surface area (Å²) in [6.07, 6.45) is 1.97. The molecule has 0 spiro atoms. The Morgan fingerprint density at radius 3 is 2.86 bits per heavy atom. The summed E-state index contributed by atoms with van der Waals surface area (Å²) in [5.74, 6) is 0.388. The second kappa shape index (κ2) is 2.55. The van der Waals surface area contributed by atoms with E-state index in [-0.39, 0.29) is 20.7 Å². The molecule has 0 atom stereocenters. The van der Waals surface area contributed by atoms with Crippen molar-refractivity contribution in [2.75, 3.05) is 4.43 Å². The summed E-state index contributed by atoms with van der Waals surface area (Å²) >= 11 is 0.200. The standard InChI is InChI=1S/C5H7IO/c7-5-2-1-3-6-4-5/h4H,1-3H2. The summed E-state index contributed by atoms with van der Waals surface area (Å²) in [5.41, 5.74) is 0. The molecule has 7 heavy (non-hydrogen) atoms. The third-order valence-electron chi connectivity index (χ3n) is 0.865. The first-order valence-corrected chi connectivity index (χ1v) is 5.10. The Bertz CT molecular complexity index is 107. The van der Waals surface area contributed by atoms with Crippen molar-refractivity contribution in [2.24, 2.45) is 0 Å². The summed E-state index contributed by atoms with van der Waals surface area (Å²) in [7, 11) is 0. The highest BCUT2D eigenvalue weighted by atomic mass is 127. The quantitative estimate of drug-likeness (QED) is 0.432. The normalized spacial score (nSPS) is 21.4. The second-order valence-corrected chi connectivity index (χ2v) is 4.10. The first-order chi connectivity index (χ1) is 3.39. The van der Waals surface area contributed by atoms with E-state index in [1.165, 1.54) is 4.43 Å². The molecule has 1 aliphatic heterocycles. The Kier molecular flexibility index (Phi) is 1.97. The molecule has 0 amide bonds. The second-order valence-electron chi connectivity index (χ2n) is 1.52. The molecule has 1 nitrogen and oxygen atoms in total. The zero-order valence-electron chi connectivity index (χ0n) is 3.98. The molecule has 0 bridgehead atoms. The summed E-state index contributed by atoms with van der Waals surface area (Å²) < 4.78 is 3.23. The van der Waals surface area contributed by atoms with Crippen molar-refractivity contribution >= 4 is 30.5 Å². The SMILES string of the molecule is O=C1C=ICCC1. The molecule has 0 fully saturated rings. The Labute approximate surface area is 52.9 Å². The topological polar surface area (TPSA) is 17.1 Å². The van der Waals surface area contributed by atoms with Gasteiger partial charge in [0.05, 0.1) is 0 Å².